The van der Waals surface area contributed by atoms with E-state index >= 15 is 0 Å². The molecule has 0 aromatic heterocycles. The number of likely N-dealkylation sites (N-methyl/N-ethyl adjacent to an activating group) is 1. The van der Waals surface area contributed by atoms with Crippen LogP contribution in [0.3, 0.4) is 0 Å². The highest BCUT2D eigenvalue weighted by atomic mass is 16.5. The maximum Gasteiger partial charge on any atom is 0.122 e. The Morgan fingerprint density at radius 2 is 2.11 bits per heavy atom. The number of nitrogens with zero attached hydrogens (tertiary/aromatic N) is 1. The van der Waals surface area contributed by atoms with Gasteiger partial charge in [-0.25, -0.2) is 0 Å². The lowest BCUT2D eigenvalue weighted by atomic mass is 10.1. The van der Waals surface area contributed by atoms with E-state index in [-0.39, 0.29) is 0 Å². The maximum absolute atomic E-state index is 8.74. The van der Waals surface area contributed by atoms with Gasteiger partial charge in [0.05, 0.1) is 6.61 Å². The summed E-state index contributed by atoms with van der Waals surface area (Å²) in [4.78, 5) is 2.38. The molecule has 0 aliphatic carbocycles. The van der Waals surface area contributed by atoms with E-state index in [0.29, 0.717) is 6.61 Å². The lowest BCUT2D eigenvalue weighted by molar-refractivity contribution is 0.273. The zero-order valence-electron chi connectivity index (χ0n) is 11.9. The van der Waals surface area contributed by atoms with Gasteiger partial charge in [-0.05, 0) is 56.5 Å². The maximum atomic E-state index is 8.74. The van der Waals surface area contributed by atoms with Crippen LogP contribution in [0.25, 0.3) is 0 Å². The fraction of sp³-hybridized carbons (Fsp3) is 0.625. The molecule has 3 nitrogen and oxygen atoms in total. The summed E-state index contributed by atoms with van der Waals surface area (Å²) >= 11 is 0. The molecule has 0 amide bonds. The van der Waals surface area contributed by atoms with Gasteiger partial charge in [0.15, 0.2) is 0 Å². The fourth-order valence-electron chi connectivity index (χ4n) is 2.50. The minimum absolute atomic E-state index is 0.320. The molecule has 0 radical (unpaired) electrons. The summed E-state index contributed by atoms with van der Waals surface area (Å²) in [6, 6.07) is 6.59. The number of hydrogen-bond donors (Lipinski definition) is 1. The Morgan fingerprint density at radius 1 is 1.21 bits per heavy atom. The quantitative estimate of drug-likeness (QED) is 0.730. The minimum Gasteiger partial charge on any atom is -0.493 e. The first-order valence-corrected chi connectivity index (χ1v) is 7.33. The van der Waals surface area contributed by atoms with Crippen LogP contribution in [0.4, 0.5) is 0 Å². The average molecular weight is 263 g/mol. The van der Waals surface area contributed by atoms with Crippen molar-refractivity contribution in [3.8, 4) is 5.75 Å². The standard InChI is InChI=1S/C16H25NO2/c1-17(9-3-2-4-11-18)10-7-14-5-6-16-15(13-14)8-12-19-16/h5-6,13,18H,2-4,7-12H2,1H3. The predicted molar refractivity (Wildman–Crippen MR) is 77.8 cm³/mol. The van der Waals surface area contributed by atoms with Crippen molar-refractivity contribution in [2.24, 2.45) is 0 Å². The molecule has 0 bridgehead atoms. The number of benzene rings is 1. The molecule has 0 spiro atoms. The number of aliphatic hydroxyl groups excluding tert-OH is 1. The van der Waals surface area contributed by atoms with Crippen molar-refractivity contribution < 1.29 is 9.84 Å². The highest BCUT2D eigenvalue weighted by molar-refractivity contribution is 5.39. The second-order valence-corrected chi connectivity index (χ2v) is 5.38. The van der Waals surface area contributed by atoms with Gasteiger partial charge in [-0.1, -0.05) is 12.1 Å². The van der Waals surface area contributed by atoms with Crippen LogP contribution in [0.1, 0.15) is 30.4 Å². The third-order valence-corrected chi connectivity index (χ3v) is 3.73. The Kier molecular flexibility index (Phi) is 5.67. The van der Waals surface area contributed by atoms with Crippen LogP contribution in [-0.4, -0.2) is 43.4 Å². The van der Waals surface area contributed by atoms with Crippen molar-refractivity contribution in [2.75, 3.05) is 33.4 Å². The Morgan fingerprint density at radius 3 is 2.95 bits per heavy atom. The minimum atomic E-state index is 0.320. The summed E-state index contributed by atoms with van der Waals surface area (Å²) in [6.45, 7) is 3.37. The molecule has 106 valence electrons. The molecule has 2 rings (SSSR count). The van der Waals surface area contributed by atoms with E-state index in [1.165, 1.54) is 17.5 Å². The Hall–Kier alpha value is -1.06. The monoisotopic (exact) mass is 263 g/mol. The molecular formula is C16H25NO2. The molecule has 19 heavy (non-hydrogen) atoms. The third-order valence-electron chi connectivity index (χ3n) is 3.73. The molecule has 0 unspecified atom stereocenters. The highest BCUT2D eigenvalue weighted by Crippen LogP contribution is 2.25. The summed E-state index contributed by atoms with van der Waals surface area (Å²) in [5, 5.41) is 8.74. The average Bonchev–Trinajstić information content (AvgIpc) is 2.89. The Bertz CT molecular complexity index is 392. The first kappa shape index (κ1) is 14.4. The van der Waals surface area contributed by atoms with Gasteiger partial charge in [0.25, 0.3) is 0 Å². The molecule has 1 aromatic carbocycles. The summed E-state index contributed by atoms with van der Waals surface area (Å²) in [5.41, 5.74) is 2.77. The largest absolute Gasteiger partial charge is 0.493 e. The Labute approximate surface area is 116 Å². The number of fused-ring (bicyclic) bond motifs is 1. The highest BCUT2D eigenvalue weighted by Gasteiger charge is 2.11. The summed E-state index contributed by atoms with van der Waals surface area (Å²) in [5.74, 6) is 1.07. The molecule has 1 N–H and O–H groups in total. The second kappa shape index (κ2) is 7.51. The van der Waals surface area contributed by atoms with Gasteiger partial charge in [0, 0.05) is 19.6 Å². The molecule has 0 saturated heterocycles. The van der Waals surface area contributed by atoms with Crippen LogP contribution < -0.4 is 4.74 Å². The number of aliphatic hydroxyl groups is 1. The van der Waals surface area contributed by atoms with Crippen LogP contribution >= 0.6 is 0 Å². The van der Waals surface area contributed by atoms with Crippen LogP contribution in [0.15, 0.2) is 18.2 Å². The van der Waals surface area contributed by atoms with Crippen molar-refractivity contribution in [3.05, 3.63) is 29.3 Å². The first-order valence-electron chi connectivity index (χ1n) is 7.33. The van der Waals surface area contributed by atoms with E-state index in [1.54, 1.807) is 0 Å². The number of hydrogen-bond acceptors (Lipinski definition) is 3. The summed E-state index contributed by atoms with van der Waals surface area (Å²) < 4.78 is 5.52. The second-order valence-electron chi connectivity index (χ2n) is 5.38. The molecule has 0 fully saturated rings. The fourth-order valence-corrected chi connectivity index (χ4v) is 2.50. The van der Waals surface area contributed by atoms with E-state index in [9.17, 15) is 0 Å². The van der Waals surface area contributed by atoms with Crippen LogP contribution in [0.5, 0.6) is 5.75 Å². The van der Waals surface area contributed by atoms with Crippen molar-refractivity contribution in [2.45, 2.75) is 32.1 Å². The van der Waals surface area contributed by atoms with Gasteiger partial charge in [-0.15, -0.1) is 0 Å². The van der Waals surface area contributed by atoms with Crippen LogP contribution in [-0.2, 0) is 12.8 Å². The van der Waals surface area contributed by atoms with E-state index in [1.807, 2.05) is 0 Å². The molecule has 0 atom stereocenters. The molecule has 1 aliphatic rings. The van der Waals surface area contributed by atoms with Crippen LogP contribution in [0.2, 0.25) is 0 Å². The summed E-state index contributed by atoms with van der Waals surface area (Å²) in [6.07, 6.45) is 5.38. The smallest absolute Gasteiger partial charge is 0.122 e. The Balaban J connectivity index is 1.70. The van der Waals surface area contributed by atoms with Gasteiger partial charge in [0.1, 0.15) is 5.75 Å². The number of rotatable bonds is 8. The number of ether oxygens (including phenoxy) is 1. The van der Waals surface area contributed by atoms with Gasteiger partial charge in [-0.2, -0.15) is 0 Å². The molecule has 3 heteroatoms. The van der Waals surface area contributed by atoms with Crippen molar-refractivity contribution >= 4 is 0 Å². The number of unbranched alkanes of at least 4 members (excludes halogenated alkanes) is 2. The predicted octanol–water partition coefficient (Wildman–Crippen LogP) is 2.26. The first-order chi connectivity index (χ1) is 9.29. The van der Waals surface area contributed by atoms with E-state index in [2.05, 4.69) is 30.1 Å². The lowest BCUT2D eigenvalue weighted by Crippen LogP contribution is -2.22. The van der Waals surface area contributed by atoms with Gasteiger partial charge >= 0.3 is 0 Å². The molecule has 0 saturated carbocycles. The van der Waals surface area contributed by atoms with E-state index < -0.39 is 0 Å². The van der Waals surface area contributed by atoms with Crippen molar-refractivity contribution in [1.82, 2.24) is 4.90 Å². The van der Waals surface area contributed by atoms with E-state index in [0.717, 1.165) is 51.1 Å². The zero-order chi connectivity index (χ0) is 13.5. The topological polar surface area (TPSA) is 32.7 Å². The van der Waals surface area contributed by atoms with Crippen molar-refractivity contribution in [1.29, 1.82) is 0 Å². The molecule has 1 aromatic rings. The molecular weight excluding hydrogens is 238 g/mol. The van der Waals surface area contributed by atoms with Gasteiger partial charge < -0.3 is 14.7 Å². The SMILES string of the molecule is CN(CCCCCO)CCc1ccc2c(c1)CCO2. The van der Waals surface area contributed by atoms with Gasteiger partial charge in [0.2, 0.25) is 0 Å². The van der Waals surface area contributed by atoms with E-state index in [4.69, 9.17) is 9.84 Å². The van der Waals surface area contributed by atoms with Crippen LogP contribution in [0, 0.1) is 0 Å². The van der Waals surface area contributed by atoms with Gasteiger partial charge in [-0.3, -0.25) is 0 Å². The third kappa shape index (κ3) is 4.51. The lowest BCUT2D eigenvalue weighted by Gasteiger charge is -2.16. The summed E-state index contributed by atoms with van der Waals surface area (Å²) in [7, 11) is 2.18. The normalized spacial score (nSPS) is 13.6. The molecule has 1 aliphatic heterocycles. The van der Waals surface area contributed by atoms with Crippen molar-refractivity contribution in [3.63, 3.8) is 0 Å². The molecule has 1 heterocycles. The zero-order valence-corrected chi connectivity index (χ0v) is 11.9.